The molecular weight excluding hydrogens is 349 g/mol. The van der Waals surface area contributed by atoms with Crippen molar-refractivity contribution in [2.24, 2.45) is 0 Å². The van der Waals surface area contributed by atoms with Crippen LogP contribution in [0.2, 0.25) is 0 Å². The highest BCUT2D eigenvalue weighted by Gasteiger charge is 2.39. The maximum atomic E-state index is 12.8. The van der Waals surface area contributed by atoms with Gasteiger partial charge < -0.3 is 14.2 Å². The standard InChI is InChI=1S/C17H19F3N4O2/c1-23(2)13-7-3-5-11(9-13)15(25)24-8-4-6-12(10-24)14-21-22-16(26-14)17(18,19)20/h3,5,7,9,12H,4,6,8,10H2,1-2H3. The van der Waals surface area contributed by atoms with Crippen LogP contribution in [-0.4, -0.2) is 48.2 Å². The summed E-state index contributed by atoms with van der Waals surface area (Å²) in [5, 5.41) is 6.60. The average Bonchev–Trinajstić information content (AvgIpc) is 3.12. The molecular formula is C17H19F3N4O2. The normalized spacial score (nSPS) is 18.0. The highest BCUT2D eigenvalue weighted by Crippen LogP contribution is 2.32. The molecule has 0 bridgehead atoms. The van der Waals surface area contributed by atoms with E-state index in [0.717, 1.165) is 5.69 Å². The fraction of sp³-hybridized carbons (Fsp3) is 0.471. The Morgan fingerprint density at radius 3 is 2.73 bits per heavy atom. The fourth-order valence-corrected chi connectivity index (χ4v) is 2.98. The lowest BCUT2D eigenvalue weighted by molar-refractivity contribution is -0.157. The largest absolute Gasteiger partial charge is 0.470 e. The zero-order valence-electron chi connectivity index (χ0n) is 14.5. The number of aromatic nitrogens is 2. The predicted molar refractivity (Wildman–Crippen MR) is 87.9 cm³/mol. The summed E-state index contributed by atoms with van der Waals surface area (Å²) in [7, 11) is 3.77. The molecule has 1 aliphatic heterocycles. The number of amides is 1. The van der Waals surface area contributed by atoms with Crippen LogP contribution in [0.1, 0.15) is 40.9 Å². The SMILES string of the molecule is CN(C)c1cccc(C(=O)N2CCCC(c3nnc(C(F)(F)F)o3)C2)c1. The zero-order valence-corrected chi connectivity index (χ0v) is 14.5. The van der Waals surface area contributed by atoms with Crippen LogP contribution in [0.4, 0.5) is 18.9 Å². The van der Waals surface area contributed by atoms with Gasteiger partial charge in [0, 0.05) is 38.4 Å². The third-order valence-electron chi connectivity index (χ3n) is 4.35. The van der Waals surface area contributed by atoms with Crippen molar-refractivity contribution in [1.82, 2.24) is 15.1 Å². The number of anilines is 1. The van der Waals surface area contributed by atoms with Crippen LogP contribution >= 0.6 is 0 Å². The van der Waals surface area contributed by atoms with Crippen molar-refractivity contribution < 1.29 is 22.4 Å². The van der Waals surface area contributed by atoms with E-state index in [4.69, 9.17) is 4.42 Å². The van der Waals surface area contributed by atoms with Crippen LogP contribution in [0.3, 0.4) is 0 Å². The van der Waals surface area contributed by atoms with Gasteiger partial charge in [-0.05, 0) is 31.0 Å². The first-order chi connectivity index (χ1) is 12.3. The van der Waals surface area contributed by atoms with Crippen molar-refractivity contribution in [3.05, 3.63) is 41.6 Å². The Labute approximate surface area is 148 Å². The number of hydrogen-bond acceptors (Lipinski definition) is 5. The summed E-state index contributed by atoms with van der Waals surface area (Å²) in [5.41, 5.74) is 1.44. The second-order valence-corrected chi connectivity index (χ2v) is 6.48. The summed E-state index contributed by atoms with van der Waals surface area (Å²) < 4.78 is 42.7. The second-order valence-electron chi connectivity index (χ2n) is 6.48. The Morgan fingerprint density at radius 2 is 2.08 bits per heavy atom. The number of halogens is 3. The van der Waals surface area contributed by atoms with Crippen LogP contribution in [0.25, 0.3) is 0 Å². The van der Waals surface area contributed by atoms with Crippen LogP contribution in [0.5, 0.6) is 0 Å². The maximum Gasteiger partial charge on any atom is 0.470 e. The molecule has 2 aromatic rings. The van der Waals surface area contributed by atoms with Crippen LogP contribution in [-0.2, 0) is 6.18 Å². The van der Waals surface area contributed by atoms with Gasteiger partial charge >= 0.3 is 12.1 Å². The van der Waals surface area contributed by atoms with E-state index in [0.29, 0.717) is 24.9 Å². The van der Waals surface area contributed by atoms with Gasteiger partial charge in [-0.1, -0.05) is 6.07 Å². The summed E-state index contributed by atoms with van der Waals surface area (Å²) in [6.07, 6.45) is -3.41. The molecule has 0 N–H and O–H groups in total. The van der Waals surface area contributed by atoms with E-state index in [9.17, 15) is 18.0 Å². The molecule has 1 aromatic heterocycles. The fourth-order valence-electron chi connectivity index (χ4n) is 2.98. The van der Waals surface area contributed by atoms with Crippen molar-refractivity contribution in [2.45, 2.75) is 24.9 Å². The number of carbonyl (C=O) groups is 1. The Kier molecular flexibility index (Phi) is 4.88. The molecule has 1 saturated heterocycles. The molecule has 0 spiro atoms. The number of rotatable bonds is 3. The zero-order chi connectivity index (χ0) is 18.9. The number of piperidine rings is 1. The third kappa shape index (κ3) is 3.81. The van der Waals surface area contributed by atoms with E-state index in [1.165, 1.54) is 0 Å². The molecule has 140 valence electrons. The molecule has 1 atom stereocenters. The predicted octanol–water partition coefficient (Wildman–Crippen LogP) is 3.17. The number of hydrogen-bond donors (Lipinski definition) is 0. The first-order valence-electron chi connectivity index (χ1n) is 8.23. The van der Waals surface area contributed by atoms with Crippen molar-refractivity contribution in [1.29, 1.82) is 0 Å². The molecule has 0 aliphatic carbocycles. The quantitative estimate of drug-likeness (QED) is 0.833. The summed E-state index contributed by atoms with van der Waals surface area (Å²) in [4.78, 5) is 16.3. The molecule has 9 heteroatoms. The lowest BCUT2D eigenvalue weighted by atomic mass is 9.97. The highest BCUT2D eigenvalue weighted by atomic mass is 19.4. The lowest BCUT2D eigenvalue weighted by Gasteiger charge is -2.31. The number of carbonyl (C=O) groups excluding carboxylic acids is 1. The van der Waals surface area contributed by atoms with E-state index >= 15 is 0 Å². The number of benzene rings is 1. The van der Waals surface area contributed by atoms with Gasteiger partial charge in [0.15, 0.2) is 0 Å². The second kappa shape index (κ2) is 6.97. The van der Waals surface area contributed by atoms with Crippen LogP contribution in [0, 0.1) is 0 Å². The monoisotopic (exact) mass is 368 g/mol. The maximum absolute atomic E-state index is 12.8. The average molecular weight is 368 g/mol. The molecule has 1 aromatic carbocycles. The van der Waals surface area contributed by atoms with Gasteiger partial charge in [0.05, 0.1) is 5.92 Å². The van der Waals surface area contributed by atoms with E-state index in [1.54, 1.807) is 23.1 Å². The van der Waals surface area contributed by atoms with Crippen molar-refractivity contribution in [3.8, 4) is 0 Å². The van der Waals surface area contributed by atoms with E-state index < -0.39 is 18.0 Å². The first kappa shape index (κ1) is 18.2. The van der Waals surface area contributed by atoms with Crippen molar-refractivity contribution in [3.63, 3.8) is 0 Å². The Bertz CT molecular complexity index is 788. The Balaban J connectivity index is 1.75. The van der Waals surface area contributed by atoms with Crippen molar-refractivity contribution in [2.75, 3.05) is 32.1 Å². The lowest BCUT2D eigenvalue weighted by Crippen LogP contribution is -2.39. The molecule has 1 fully saturated rings. The van der Waals surface area contributed by atoms with Gasteiger partial charge in [-0.3, -0.25) is 4.79 Å². The van der Waals surface area contributed by atoms with Crippen LogP contribution in [0.15, 0.2) is 28.7 Å². The van der Waals surface area contributed by atoms with Crippen LogP contribution < -0.4 is 4.90 Å². The Hall–Kier alpha value is -2.58. The molecule has 0 radical (unpaired) electrons. The van der Waals surface area contributed by atoms with E-state index in [1.807, 2.05) is 25.1 Å². The topological polar surface area (TPSA) is 62.5 Å². The van der Waals surface area contributed by atoms with Gasteiger partial charge in [0.2, 0.25) is 5.89 Å². The van der Waals surface area contributed by atoms with E-state index in [-0.39, 0.29) is 18.3 Å². The molecule has 6 nitrogen and oxygen atoms in total. The minimum absolute atomic E-state index is 0.0723. The number of alkyl halides is 3. The van der Waals surface area contributed by atoms with Gasteiger partial charge in [0.1, 0.15) is 0 Å². The first-order valence-corrected chi connectivity index (χ1v) is 8.23. The number of nitrogens with zero attached hydrogens (tertiary/aromatic N) is 4. The minimum Gasteiger partial charge on any atom is -0.417 e. The molecule has 2 heterocycles. The summed E-state index contributed by atoms with van der Waals surface area (Å²) in [5.74, 6) is -1.98. The summed E-state index contributed by atoms with van der Waals surface area (Å²) in [6.45, 7) is 0.798. The molecule has 1 unspecified atom stereocenters. The number of likely N-dealkylation sites (tertiary alicyclic amines) is 1. The highest BCUT2D eigenvalue weighted by molar-refractivity contribution is 5.95. The smallest absolute Gasteiger partial charge is 0.417 e. The molecule has 1 amide bonds. The van der Waals surface area contributed by atoms with Crippen molar-refractivity contribution >= 4 is 11.6 Å². The van der Waals surface area contributed by atoms with Gasteiger partial charge in [-0.2, -0.15) is 13.2 Å². The summed E-state index contributed by atoms with van der Waals surface area (Å²) in [6, 6.07) is 7.22. The van der Waals surface area contributed by atoms with Gasteiger partial charge in [0.25, 0.3) is 5.91 Å². The summed E-state index contributed by atoms with van der Waals surface area (Å²) >= 11 is 0. The van der Waals surface area contributed by atoms with Gasteiger partial charge in [-0.15, -0.1) is 10.2 Å². The molecule has 26 heavy (non-hydrogen) atoms. The molecule has 0 saturated carbocycles. The van der Waals surface area contributed by atoms with Gasteiger partial charge in [-0.25, -0.2) is 0 Å². The van der Waals surface area contributed by atoms with E-state index in [2.05, 4.69) is 10.2 Å². The molecule has 1 aliphatic rings. The molecule has 3 rings (SSSR count). The third-order valence-corrected chi connectivity index (χ3v) is 4.35. The Morgan fingerprint density at radius 1 is 1.31 bits per heavy atom. The minimum atomic E-state index is -4.66.